The molecule has 2 heterocycles. The Labute approximate surface area is 199 Å². The largest absolute Gasteiger partial charge is 0.497 e. The minimum Gasteiger partial charge on any atom is -0.497 e. The number of rotatable bonds is 6. The number of hydrogen-bond acceptors (Lipinski definition) is 6. The molecule has 33 heavy (non-hydrogen) atoms. The van der Waals surface area contributed by atoms with Crippen molar-refractivity contribution in [3.05, 3.63) is 63.6 Å². The monoisotopic (exact) mass is 483 g/mol. The standard InChI is InChI=1S/C23H22ClN5O3S/c1-13-4-7-16(12-18(13)24)26-22(31)21(30)25-11-10-19-14(2)29-23(33-19)27-20(28-29)15-5-8-17(32-3)9-6-15/h4-9,12H,10-11H2,1-3H3,(H,25,30)(H,26,31). The van der Waals surface area contributed by atoms with Crippen LogP contribution in [0.5, 0.6) is 5.75 Å². The summed E-state index contributed by atoms with van der Waals surface area (Å²) in [7, 11) is 1.62. The highest BCUT2D eigenvalue weighted by Crippen LogP contribution is 2.26. The third kappa shape index (κ3) is 4.99. The molecule has 0 saturated heterocycles. The molecule has 4 rings (SSSR count). The van der Waals surface area contributed by atoms with E-state index in [4.69, 9.17) is 16.3 Å². The lowest BCUT2D eigenvalue weighted by atomic mass is 10.2. The van der Waals surface area contributed by atoms with E-state index in [1.165, 1.54) is 11.3 Å². The predicted octanol–water partition coefficient (Wildman–Crippen LogP) is 4.03. The second-order valence-corrected chi connectivity index (χ2v) is 8.86. The van der Waals surface area contributed by atoms with E-state index in [9.17, 15) is 9.59 Å². The van der Waals surface area contributed by atoms with Crippen molar-refractivity contribution in [2.24, 2.45) is 0 Å². The summed E-state index contributed by atoms with van der Waals surface area (Å²) in [5.41, 5.74) is 3.22. The van der Waals surface area contributed by atoms with E-state index in [1.54, 1.807) is 29.8 Å². The van der Waals surface area contributed by atoms with Crippen molar-refractivity contribution in [3.63, 3.8) is 0 Å². The number of ether oxygens (including phenoxy) is 1. The number of aryl methyl sites for hydroxylation is 2. The average molecular weight is 484 g/mol. The van der Waals surface area contributed by atoms with Crippen molar-refractivity contribution in [2.45, 2.75) is 20.3 Å². The van der Waals surface area contributed by atoms with E-state index in [-0.39, 0.29) is 0 Å². The van der Waals surface area contributed by atoms with Crippen LogP contribution in [0.2, 0.25) is 5.02 Å². The summed E-state index contributed by atoms with van der Waals surface area (Å²) < 4.78 is 6.99. The van der Waals surface area contributed by atoms with Gasteiger partial charge in [0.25, 0.3) is 0 Å². The van der Waals surface area contributed by atoms with Crippen molar-refractivity contribution in [1.29, 1.82) is 0 Å². The molecule has 0 aliphatic carbocycles. The molecule has 2 amide bonds. The van der Waals surface area contributed by atoms with Crippen LogP contribution in [0.3, 0.4) is 0 Å². The molecular weight excluding hydrogens is 462 g/mol. The van der Waals surface area contributed by atoms with Gasteiger partial charge < -0.3 is 15.4 Å². The first-order valence-electron chi connectivity index (χ1n) is 10.2. The second-order valence-electron chi connectivity index (χ2n) is 7.39. The number of carbonyl (C=O) groups excluding carboxylic acids is 2. The van der Waals surface area contributed by atoms with E-state index < -0.39 is 11.8 Å². The quantitative estimate of drug-likeness (QED) is 0.403. The molecule has 4 aromatic rings. The molecule has 0 bridgehead atoms. The molecule has 8 nitrogen and oxygen atoms in total. The molecule has 0 aliphatic heterocycles. The summed E-state index contributed by atoms with van der Waals surface area (Å²) in [6.07, 6.45) is 0.564. The molecule has 10 heteroatoms. The number of carbonyl (C=O) groups is 2. The topological polar surface area (TPSA) is 97.6 Å². The van der Waals surface area contributed by atoms with Crippen LogP contribution in [0.15, 0.2) is 42.5 Å². The minimum atomic E-state index is -0.738. The summed E-state index contributed by atoms with van der Waals surface area (Å²) in [6, 6.07) is 12.7. The Morgan fingerprint density at radius 1 is 1.12 bits per heavy atom. The SMILES string of the molecule is COc1ccc(-c2nc3sc(CCNC(=O)C(=O)Nc4ccc(C)c(Cl)c4)c(C)n3n2)cc1. The lowest BCUT2D eigenvalue weighted by Crippen LogP contribution is -2.36. The fourth-order valence-corrected chi connectivity index (χ4v) is 4.44. The first-order chi connectivity index (χ1) is 15.9. The number of nitrogens with one attached hydrogen (secondary N) is 2. The molecule has 0 spiro atoms. The van der Waals surface area contributed by atoms with Crippen LogP contribution in [-0.4, -0.2) is 40.1 Å². The van der Waals surface area contributed by atoms with Gasteiger partial charge in [0, 0.05) is 34.1 Å². The summed E-state index contributed by atoms with van der Waals surface area (Å²) in [6.45, 7) is 4.14. The Kier molecular flexibility index (Phi) is 6.62. The van der Waals surface area contributed by atoms with Gasteiger partial charge in [-0.05, 0) is 55.8 Å². The molecular formula is C23H22ClN5O3S. The first kappa shape index (κ1) is 22.8. The maximum atomic E-state index is 12.2. The zero-order valence-corrected chi connectivity index (χ0v) is 19.9. The summed E-state index contributed by atoms with van der Waals surface area (Å²) in [5.74, 6) is -0.0274. The highest BCUT2D eigenvalue weighted by atomic mass is 35.5. The van der Waals surface area contributed by atoms with Crippen molar-refractivity contribution >= 4 is 45.4 Å². The highest BCUT2D eigenvalue weighted by Gasteiger charge is 2.17. The fourth-order valence-electron chi connectivity index (χ4n) is 3.21. The van der Waals surface area contributed by atoms with Crippen molar-refractivity contribution < 1.29 is 14.3 Å². The summed E-state index contributed by atoms with van der Waals surface area (Å²) >= 11 is 7.57. The van der Waals surface area contributed by atoms with Gasteiger partial charge in [0.1, 0.15) is 5.75 Å². The van der Waals surface area contributed by atoms with Crippen LogP contribution >= 0.6 is 22.9 Å². The normalized spacial score (nSPS) is 10.9. The maximum Gasteiger partial charge on any atom is 0.313 e. The Hall–Kier alpha value is -3.43. The number of amides is 2. The molecule has 0 atom stereocenters. The van der Waals surface area contributed by atoms with Crippen LogP contribution in [0.4, 0.5) is 5.69 Å². The van der Waals surface area contributed by atoms with E-state index in [1.807, 2.05) is 38.1 Å². The minimum absolute atomic E-state index is 0.316. The van der Waals surface area contributed by atoms with E-state index >= 15 is 0 Å². The highest BCUT2D eigenvalue weighted by molar-refractivity contribution is 7.17. The third-order valence-electron chi connectivity index (χ3n) is 5.13. The number of methoxy groups -OCH3 is 1. The van der Waals surface area contributed by atoms with Crippen molar-refractivity contribution in [1.82, 2.24) is 19.9 Å². The van der Waals surface area contributed by atoms with E-state index in [0.717, 1.165) is 32.4 Å². The Morgan fingerprint density at radius 3 is 2.55 bits per heavy atom. The van der Waals surface area contributed by atoms with Crippen LogP contribution in [0.25, 0.3) is 16.3 Å². The summed E-state index contributed by atoms with van der Waals surface area (Å²) in [4.78, 5) is 30.7. The zero-order valence-electron chi connectivity index (χ0n) is 18.3. The number of benzene rings is 2. The van der Waals surface area contributed by atoms with Crippen molar-refractivity contribution in [2.75, 3.05) is 19.0 Å². The van der Waals surface area contributed by atoms with Gasteiger partial charge in [0.15, 0.2) is 5.82 Å². The molecule has 0 fully saturated rings. The van der Waals surface area contributed by atoms with Gasteiger partial charge in [-0.15, -0.1) is 5.10 Å². The Bertz CT molecular complexity index is 1330. The van der Waals surface area contributed by atoms with Gasteiger partial charge in [-0.3, -0.25) is 9.59 Å². The molecule has 0 unspecified atom stereocenters. The van der Waals surface area contributed by atoms with Gasteiger partial charge in [-0.25, -0.2) is 4.52 Å². The molecule has 0 aliphatic rings. The Balaban J connectivity index is 1.35. The van der Waals surface area contributed by atoms with Crippen LogP contribution in [-0.2, 0) is 16.0 Å². The number of hydrogen-bond donors (Lipinski definition) is 2. The molecule has 0 radical (unpaired) electrons. The molecule has 2 N–H and O–H groups in total. The van der Waals surface area contributed by atoms with Gasteiger partial charge >= 0.3 is 11.8 Å². The predicted molar refractivity (Wildman–Crippen MR) is 129 cm³/mol. The van der Waals surface area contributed by atoms with Gasteiger partial charge in [0.05, 0.1) is 12.8 Å². The first-order valence-corrected chi connectivity index (χ1v) is 11.4. The number of anilines is 1. The van der Waals surface area contributed by atoms with Crippen molar-refractivity contribution in [3.8, 4) is 17.1 Å². The molecule has 2 aromatic carbocycles. The maximum absolute atomic E-state index is 12.2. The van der Waals surface area contributed by atoms with Crippen LogP contribution in [0.1, 0.15) is 16.1 Å². The van der Waals surface area contributed by atoms with Crippen LogP contribution in [0, 0.1) is 13.8 Å². The molecule has 0 saturated carbocycles. The third-order valence-corrected chi connectivity index (χ3v) is 6.73. The number of fused-ring (bicyclic) bond motifs is 1. The molecule has 2 aromatic heterocycles. The van der Waals surface area contributed by atoms with E-state index in [2.05, 4.69) is 20.7 Å². The van der Waals surface area contributed by atoms with Gasteiger partial charge in [-0.1, -0.05) is 29.0 Å². The van der Waals surface area contributed by atoms with Gasteiger partial charge in [0.2, 0.25) is 4.96 Å². The number of thiazole rings is 1. The smallest absolute Gasteiger partial charge is 0.313 e. The average Bonchev–Trinajstić information content (AvgIpc) is 3.35. The number of aromatic nitrogens is 3. The van der Waals surface area contributed by atoms with Gasteiger partial charge in [-0.2, -0.15) is 4.98 Å². The zero-order chi connectivity index (χ0) is 23.5. The van der Waals surface area contributed by atoms with E-state index in [0.29, 0.717) is 29.5 Å². The Morgan fingerprint density at radius 2 is 1.88 bits per heavy atom. The summed E-state index contributed by atoms with van der Waals surface area (Å²) in [5, 5.41) is 10.3. The lowest BCUT2D eigenvalue weighted by molar-refractivity contribution is -0.136. The second kappa shape index (κ2) is 9.60. The lowest BCUT2D eigenvalue weighted by Gasteiger charge is -2.07. The number of halogens is 1. The molecule has 170 valence electrons. The van der Waals surface area contributed by atoms with Crippen LogP contribution < -0.4 is 15.4 Å². The fraction of sp³-hybridized carbons (Fsp3) is 0.217. The number of nitrogens with zero attached hydrogens (tertiary/aromatic N) is 3.